The van der Waals surface area contributed by atoms with Gasteiger partial charge in [0.05, 0.1) is 6.42 Å². The Balaban J connectivity index is 0. The van der Waals surface area contributed by atoms with Crippen LogP contribution in [0.2, 0.25) is 0 Å². The van der Waals surface area contributed by atoms with E-state index in [1.54, 1.807) is 0 Å². The SMILES string of the molecule is O=C(O)CC([N-]CCNC(CC(=O)O)C(=O)O)C(=O)O.[K+]. The smallest absolute Gasteiger partial charge is 0.649 e. The number of carbonyl (C=O) groups is 4. The molecule has 10 nitrogen and oxygen atoms in total. The molecule has 114 valence electrons. The molecule has 2 unspecified atom stereocenters. The van der Waals surface area contributed by atoms with E-state index < -0.39 is 48.8 Å². The average Bonchev–Trinajstić information content (AvgIpc) is 2.29. The molecule has 0 aliphatic carbocycles. The van der Waals surface area contributed by atoms with Gasteiger partial charge in [-0.3, -0.25) is 19.2 Å². The van der Waals surface area contributed by atoms with E-state index in [1.807, 2.05) is 0 Å². The molecule has 0 spiro atoms. The summed E-state index contributed by atoms with van der Waals surface area (Å²) in [5.74, 6) is -5.36. The van der Waals surface area contributed by atoms with Crippen LogP contribution in [-0.2, 0) is 19.2 Å². The minimum atomic E-state index is -1.42. The van der Waals surface area contributed by atoms with Crippen LogP contribution in [0.3, 0.4) is 0 Å². The molecule has 0 saturated heterocycles. The van der Waals surface area contributed by atoms with E-state index in [-0.39, 0.29) is 64.5 Å². The Morgan fingerprint density at radius 2 is 1.43 bits per heavy atom. The van der Waals surface area contributed by atoms with Crippen molar-refractivity contribution in [2.75, 3.05) is 13.1 Å². The zero-order valence-corrected chi connectivity index (χ0v) is 14.5. The average molecular weight is 330 g/mol. The summed E-state index contributed by atoms with van der Waals surface area (Å²) in [5, 5.41) is 40.3. The number of carboxylic acid groups (broad SMARTS) is 4. The van der Waals surface area contributed by atoms with Crippen molar-refractivity contribution in [3.8, 4) is 0 Å². The van der Waals surface area contributed by atoms with E-state index in [1.165, 1.54) is 0 Å². The predicted octanol–water partition coefficient (Wildman–Crippen LogP) is -4.19. The van der Waals surface area contributed by atoms with Gasteiger partial charge in [-0.25, -0.2) is 0 Å². The number of nitrogens with zero attached hydrogens (tertiary/aromatic N) is 1. The Morgan fingerprint density at radius 1 is 0.905 bits per heavy atom. The second kappa shape index (κ2) is 12.0. The first kappa shape index (κ1) is 22.7. The zero-order chi connectivity index (χ0) is 15.7. The van der Waals surface area contributed by atoms with Crippen LogP contribution in [0.4, 0.5) is 0 Å². The molecule has 0 aliphatic heterocycles. The fourth-order valence-corrected chi connectivity index (χ4v) is 1.28. The molecule has 0 rings (SSSR count). The largest absolute Gasteiger partial charge is 1.00 e. The minimum absolute atomic E-state index is 0. The summed E-state index contributed by atoms with van der Waals surface area (Å²) in [5.41, 5.74) is 0. The Morgan fingerprint density at radius 3 is 1.81 bits per heavy atom. The number of hydrogen-bond donors (Lipinski definition) is 5. The predicted molar refractivity (Wildman–Crippen MR) is 63.6 cm³/mol. The Bertz CT molecular complexity index is 353. The molecule has 21 heavy (non-hydrogen) atoms. The summed E-state index contributed by atoms with van der Waals surface area (Å²) in [6.45, 7) is -0.221. The van der Waals surface area contributed by atoms with Gasteiger partial charge in [0.2, 0.25) is 0 Å². The molecule has 0 fully saturated rings. The molecule has 0 aromatic rings. The van der Waals surface area contributed by atoms with Crippen molar-refractivity contribution in [2.45, 2.75) is 24.9 Å². The summed E-state index contributed by atoms with van der Waals surface area (Å²) in [4.78, 5) is 42.1. The van der Waals surface area contributed by atoms with Crippen LogP contribution in [0, 0.1) is 0 Å². The molecule has 0 aliphatic rings. The maximum atomic E-state index is 10.7. The second-order valence-electron chi connectivity index (χ2n) is 3.80. The van der Waals surface area contributed by atoms with Gasteiger partial charge in [0.1, 0.15) is 6.04 Å². The van der Waals surface area contributed by atoms with Gasteiger partial charge in [-0.05, 0) is 12.6 Å². The van der Waals surface area contributed by atoms with Crippen LogP contribution in [0.25, 0.3) is 5.32 Å². The van der Waals surface area contributed by atoms with Crippen molar-refractivity contribution in [1.29, 1.82) is 0 Å². The van der Waals surface area contributed by atoms with Crippen LogP contribution in [-0.4, -0.2) is 69.5 Å². The van der Waals surface area contributed by atoms with Crippen LogP contribution in [0.5, 0.6) is 0 Å². The fraction of sp³-hybridized carbons (Fsp3) is 0.600. The van der Waals surface area contributed by atoms with Crippen LogP contribution >= 0.6 is 0 Å². The molecule has 0 radical (unpaired) electrons. The minimum Gasteiger partial charge on any atom is -0.649 e. The van der Waals surface area contributed by atoms with Crippen molar-refractivity contribution < 1.29 is 91.0 Å². The number of nitrogens with one attached hydrogen (secondary N) is 1. The van der Waals surface area contributed by atoms with E-state index in [4.69, 9.17) is 20.4 Å². The number of hydrogen-bond acceptors (Lipinski definition) is 5. The first-order chi connectivity index (χ1) is 9.23. The van der Waals surface area contributed by atoms with Gasteiger partial charge in [-0.1, -0.05) is 0 Å². The van der Waals surface area contributed by atoms with Crippen molar-refractivity contribution in [2.24, 2.45) is 0 Å². The topological polar surface area (TPSA) is 175 Å². The van der Waals surface area contributed by atoms with Gasteiger partial charge in [-0.2, -0.15) is 0 Å². The third-order valence-electron chi connectivity index (χ3n) is 2.18. The van der Waals surface area contributed by atoms with Gasteiger partial charge in [-0.15, -0.1) is 6.54 Å². The second-order valence-corrected chi connectivity index (χ2v) is 3.80. The third kappa shape index (κ3) is 11.7. The summed E-state index contributed by atoms with van der Waals surface area (Å²) in [6.07, 6.45) is -1.31. The first-order valence-electron chi connectivity index (χ1n) is 5.53. The van der Waals surface area contributed by atoms with E-state index in [2.05, 4.69) is 10.6 Å². The molecule has 0 heterocycles. The quantitative estimate of drug-likeness (QED) is 0.186. The van der Waals surface area contributed by atoms with E-state index in [0.717, 1.165) is 0 Å². The number of carboxylic acids is 4. The van der Waals surface area contributed by atoms with Gasteiger partial charge < -0.3 is 31.1 Å². The normalized spacial score (nSPS) is 12.8. The van der Waals surface area contributed by atoms with Crippen molar-refractivity contribution >= 4 is 23.9 Å². The van der Waals surface area contributed by atoms with E-state index in [9.17, 15) is 19.2 Å². The molecule has 0 amide bonds. The first-order valence-corrected chi connectivity index (χ1v) is 5.53. The number of aliphatic carboxylic acids is 4. The summed E-state index contributed by atoms with van der Waals surface area (Å²) < 4.78 is 0. The van der Waals surface area contributed by atoms with Gasteiger partial charge in [0.15, 0.2) is 0 Å². The molecule has 0 saturated carbocycles. The Kier molecular flexibility index (Phi) is 13.0. The molecule has 2 atom stereocenters. The fourth-order valence-electron chi connectivity index (χ4n) is 1.28. The van der Waals surface area contributed by atoms with Crippen LogP contribution in [0.1, 0.15) is 12.8 Å². The molecule has 0 aromatic carbocycles. The van der Waals surface area contributed by atoms with Crippen LogP contribution in [0.15, 0.2) is 0 Å². The number of rotatable bonds is 11. The Labute approximate surface area is 162 Å². The monoisotopic (exact) mass is 330 g/mol. The van der Waals surface area contributed by atoms with Gasteiger partial charge in [0.25, 0.3) is 5.97 Å². The van der Waals surface area contributed by atoms with E-state index in [0.29, 0.717) is 0 Å². The molecular formula is C10H15KN2O8. The summed E-state index contributed by atoms with van der Waals surface area (Å²) in [7, 11) is 0. The molecular weight excluding hydrogens is 315 g/mol. The molecule has 0 aromatic heterocycles. The maximum absolute atomic E-state index is 10.7. The summed E-state index contributed by atoms with van der Waals surface area (Å²) >= 11 is 0. The Hall–Kier alpha value is -0.564. The van der Waals surface area contributed by atoms with Gasteiger partial charge in [0, 0.05) is 6.42 Å². The maximum Gasteiger partial charge on any atom is 1.00 e. The molecule has 5 N–H and O–H groups in total. The van der Waals surface area contributed by atoms with Crippen molar-refractivity contribution in [3.05, 3.63) is 5.32 Å². The molecule has 11 heteroatoms. The van der Waals surface area contributed by atoms with Crippen LogP contribution < -0.4 is 56.7 Å². The van der Waals surface area contributed by atoms with E-state index >= 15 is 0 Å². The third-order valence-corrected chi connectivity index (χ3v) is 2.18. The van der Waals surface area contributed by atoms with Gasteiger partial charge >= 0.3 is 69.3 Å². The standard InChI is InChI=1S/C10H15N2O8.K/c13-7(14)3-5(9(17)18)11-1-2-12-6(10(19)20)4-8(15)16;/h5-6,11H,1-4H2,(H,13,14)(H,15,16)(H,17,18)(H,19,20);/q-1;+1. The van der Waals surface area contributed by atoms with Crippen molar-refractivity contribution in [3.63, 3.8) is 0 Å². The molecule has 0 bridgehead atoms. The summed E-state index contributed by atoms with van der Waals surface area (Å²) in [6, 6.07) is -2.73. The van der Waals surface area contributed by atoms with Crippen molar-refractivity contribution in [1.82, 2.24) is 5.32 Å². The zero-order valence-electron chi connectivity index (χ0n) is 11.4.